The summed E-state index contributed by atoms with van der Waals surface area (Å²) in [6, 6.07) is 0. The maximum atomic E-state index is 12.1. The highest BCUT2D eigenvalue weighted by atomic mass is 16.4. The number of aliphatic carboxylic acids is 1. The van der Waals surface area contributed by atoms with Crippen molar-refractivity contribution in [2.45, 2.75) is 46.6 Å². The molecule has 16 heavy (non-hydrogen) atoms. The van der Waals surface area contributed by atoms with Gasteiger partial charge in [-0.25, -0.2) is 4.79 Å². The van der Waals surface area contributed by atoms with Gasteiger partial charge in [0.25, 0.3) is 0 Å². The van der Waals surface area contributed by atoms with Gasteiger partial charge in [-0.2, -0.15) is 0 Å². The molecule has 0 bridgehead atoms. The van der Waals surface area contributed by atoms with Gasteiger partial charge in [-0.1, -0.05) is 27.2 Å². The summed E-state index contributed by atoms with van der Waals surface area (Å²) in [4.78, 5) is 24.4. The predicted octanol–water partition coefficient (Wildman–Crippen LogP) is 1.99. The standard InChI is InChI=1S/C12H23NO3/c1-7-8(2)9(3)10(14)13(6)12(4,5)11(15)16/h8-9H,7H2,1-6H3,(H,15,16). The summed E-state index contributed by atoms with van der Waals surface area (Å²) in [6.45, 7) is 8.96. The first-order chi connectivity index (χ1) is 7.16. The van der Waals surface area contributed by atoms with Crippen LogP contribution in [0.5, 0.6) is 0 Å². The molecule has 94 valence electrons. The molecule has 2 unspecified atom stereocenters. The van der Waals surface area contributed by atoms with E-state index in [0.717, 1.165) is 6.42 Å². The maximum absolute atomic E-state index is 12.1. The van der Waals surface area contributed by atoms with Crippen molar-refractivity contribution < 1.29 is 14.7 Å². The second-order valence-corrected chi connectivity index (χ2v) is 4.94. The van der Waals surface area contributed by atoms with Crippen LogP contribution < -0.4 is 0 Å². The smallest absolute Gasteiger partial charge is 0.329 e. The Morgan fingerprint density at radius 2 is 1.75 bits per heavy atom. The Kier molecular flexibility index (Phi) is 4.97. The highest BCUT2D eigenvalue weighted by molar-refractivity contribution is 5.87. The van der Waals surface area contributed by atoms with Crippen LogP contribution in [0.1, 0.15) is 41.0 Å². The number of carboxylic acids is 1. The Bertz CT molecular complexity index is 273. The van der Waals surface area contributed by atoms with Gasteiger partial charge in [-0.05, 0) is 19.8 Å². The molecule has 1 amide bonds. The van der Waals surface area contributed by atoms with E-state index in [4.69, 9.17) is 5.11 Å². The minimum absolute atomic E-state index is 0.109. The molecule has 0 radical (unpaired) electrons. The van der Waals surface area contributed by atoms with Crippen LogP contribution in [0.3, 0.4) is 0 Å². The van der Waals surface area contributed by atoms with E-state index >= 15 is 0 Å². The SMILES string of the molecule is CCC(C)C(C)C(=O)N(C)C(C)(C)C(=O)O. The molecule has 0 aromatic rings. The van der Waals surface area contributed by atoms with Gasteiger partial charge in [-0.3, -0.25) is 4.79 Å². The molecule has 0 aliphatic heterocycles. The lowest BCUT2D eigenvalue weighted by Crippen LogP contribution is -2.52. The summed E-state index contributed by atoms with van der Waals surface area (Å²) in [6.07, 6.45) is 0.911. The quantitative estimate of drug-likeness (QED) is 0.784. The van der Waals surface area contributed by atoms with Crippen LogP contribution in [0, 0.1) is 11.8 Å². The normalized spacial score (nSPS) is 15.4. The molecule has 1 N–H and O–H groups in total. The molecular weight excluding hydrogens is 206 g/mol. The number of carbonyl (C=O) groups excluding carboxylic acids is 1. The number of hydrogen-bond acceptors (Lipinski definition) is 2. The summed E-state index contributed by atoms with van der Waals surface area (Å²) in [5, 5.41) is 9.04. The lowest BCUT2D eigenvalue weighted by Gasteiger charge is -2.34. The van der Waals surface area contributed by atoms with E-state index < -0.39 is 11.5 Å². The predicted molar refractivity (Wildman–Crippen MR) is 63.1 cm³/mol. The zero-order valence-corrected chi connectivity index (χ0v) is 11.1. The lowest BCUT2D eigenvalue weighted by atomic mass is 9.90. The van der Waals surface area contributed by atoms with Crippen molar-refractivity contribution >= 4 is 11.9 Å². The van der Waals surface area contributed by atoms with Crippen LogP contribution in [0.15, 0.2) is 0 Å². The maximum Gasteiger partial charge on any atom is 0.329 e. The summed E-state index contributed by atoms with van der Waals surface area (Å²) in [5.41, 5.74) is -1.15. The summed E-state index contributed by atoms with van der Waals surface area (Å²) in [5.74, 6) is -0.977. The van der Waals surface area contributed by atoms with E-state index in [1.807, 2.05) is 20.8 Å². The van der Waals surface area contributed by atoms with Gasteiger partial charge in [0.2, 0.25) is 5.91 Å². The third-order valence-corrected chi connectivity index (χ3v) is 3.58. The molecule has 0 aliphatic carbocycles. The lowest BCUT2D eigenvalue weighted by molar-refractivity contribution is -0.157. The van der Waals surface area contributed by atoms with E-state index in [9.17, 15) is 9.59 Å². The fourth-order valence-corrected chi connectivity index (χ4v) is 1.32. The molecule has 4 heteroatoms. The first-order valence-corrected chi connectivity index (χ1v) is 5.67. The first kappa shape index (κ1) is 14.9. The number of carbonyl (C=O) groups is 2. The number of nitrogens with zero attached hydrogens (tertiary/aromatic N) is 1. The summed E-state index contributed by atoms with van der Waals surface area (Å²) >= 11 is 0. The molecule has 0 aliphatic rings. The minimum atomic E-state index is -1.15. The zero-order valence-electron chi connectivity index (χ0n) is 11.1. The third-order valence-electron chi connectivity index (χ3n) is 3.58. The second-order valence-electron chi connectivity index (χ2n) is 4.94. The molecule has 2 atom stereocenters. The van der Waals surface area contributed by atoms with Crippen LogP contribution in [0.4, 0.5) is 0 Å². The van der Waals surface area contributed by atoms with Crippen molar-refractivity contribution in [2.75, 3.05) is 7.05 Å². The van der Waals surface area contributed by atoms with Crippen LogP contribution >= 0.6 is 0 Å². The number of carboxylic acid groups (broad SMARTS) is 1. The molecule has 4 nitrogen and oxygen atoms in total. The summed E-state index contributed by atoms with van der Waals surface area (Å²) < 4.78 is 0. The third kappa shape index (κ3) is 2.97. The average molecular weight is 229 g/mol. The Morgan fingerprint density at radius 3 is 2.06 bits per heavy atom. The zero-order chi connectivity index (χ0) is 13.1. The highest BCUT2D eigenvalue weighted by Crippen LogP contribution is 2.21. The van der Waals surface area contributed by atoms with Gasteiger partial charge < -0.3 is 10.0 Å². The highest BCUT2D eigenvalue weighted by Gasteiger charge is 2.37. The second kappa shape index (κ2) is 5.32. The first-order valence-electron chi connectivity index (χ1n) is 5.67. The molecule has 0 saturated heterocycles. The summed E-state index contributed by atoms with van der Waals surface area (Å²) in [7, 11) is 1.55. The molecule has 0 saturated carbocycles. The average Bonchev–Trinajstić information content (AvgIpc) is 2.24. The largest absolute Gasteiger partial charge is 0.480 e. The monoisotopic (exact) mass is 229 g/mol. The number of rotatable bonds is 5. The van der Waals surface area contributed by atoms with Crippen molar-refractivity contribution in [3.8, 4) is 0 Å². The molecular formula is C12H23NO3. The Morgan fingerprint density at radius 1 is 1.31 bits per heavy atom. The van der Waals surface area contributed by atoms with Crippen molar-refractivity contribution in [3.05, 3.63) is 0 Å². The molecule has 0 rings (SSSR count). The van der Waals surface area contributed by atoms with E-state index in [1.165, 1.54) is 18.7 Å². The number of likely N-dealkylation sites (N-methyl/N-ethyl adjacent to an activating group) is 1. The molecule has 0 aromatic carbocycles. The van der Waals surface area contributed by atoms with Gasteiger partial charge >= 0.3 is 5.97 Å². The van der Waals surface area contributed by atoms with Crippen LogP contribution in [-0.4, -0.2) is 34.5 Å². The Labute approximate surface area is 97.6 Å². The van der Waals surface area contributed by atoms with Crippen molar-refractivity contribution in [2.24, 2.45) is 11.8 Å². The van der Waals surface area contributed by atoms with Crippen LogP contribution in [0.2, 0.25) is 0 Å². The van der Waals surface area contributed by atoms with Gasteiger partial charge in [-0.15, -0.1) is 0 Å². The van der Waals surface area contributed by atoms with Crippen molar-refractivity contribution in [1.82, 2.24) is 4.90 Å². The fourth-order valence-electron chi connectivity index (χ4n) is 1.32. The minimum Gasteiger partial charge on any atom is -0.480 e. The Hall–Kier alpha value is -1.06. The molecule has 0 heterocycles. The molecule has 0 spiro atoms. The number of hydrogen-bond donors (Lipinski definition) is 1. The fraction of sp³-hybridized carbons (Fsp3) is 0.833. The Balaban J connectivity index is 4.81. The van der Waals surface area contributed by atoms with Crippen molar-refractivity contribution in [3.63, 3.8) is 0 Å². The number of amides is 1. The van der Waals surface area contributed by atoms with Crippen molar-refractivity contribution in [1.29, 1.82) is 0 Å². The van der Waals surface area contributed by atoms with Crippen LogP contribution in [0.25, 0.3) is 0 Å². The molecule has 0 aromatic heterocycles. The van der Waals surface area contributed by atoms with E-state index in [1.54, 1.807) is 7.05 Å². The van der Waals surface area contributed by atoms with Crippen LogP contribution in [-0.2, 0) is 9.59 Å². The molecule has 0 fully saturated rings. The van der Waals surface area contributed by atoms with E-state index in [0.29, 0.717) is 0 Å². The van der Waals surface area contributed by atoms with Gasteiger partial charge in [0.15, 0.2) is 0 Å². The van der Waals surface area contributed by atoms with E-state index in [2.05, 4.69) is 0 Å². The van der Waals surface area contributed by atoms with Gasteiger partial charge in [0.05, 0.1) is 0 Å². The topological polar surface area (TPSA) is 57.6 Å². The van der Waals surface area contributed by atoms with E-state index in [-0.39, 0.29) is 17.7 Å². The van der Waals surface area contributed by atoms with Gasteiger partial charge in [0, 0.05) is 13.0 Å². The van der Waals surface area contributed by atoms with Gasteiger partial charge in [0.1, 0.15) is 5.54 Å².